The quantitative estimate of drug-likeness (QED) is 0.840. The van der Waals surface area contributed by atoms with Crippen LogP contribution in [-0.4, -0.2) is 36.5 Å². The molecule has 0 radical (unpaired) electrons. The third-order valence-electron chi connectivity index (χ3n) is 3.45. The van der Waals surface area contributed by atoms with E-state index in [1.165, 1.54) is 0 Å². The molecule has 2 rings (SSSR count). The van der Waals surface area contributed by atoms with Crippen LogP contribution < -0.4 is 5.32 Å². The van der Waals surface area contributed by atoms with E-state index >= 15 is 0 Å². The summed E-state index contributed by atoms with van der Waals surface area (Å²) in [5.41, 5.74) is 1.10. The molecule has 0 bridgehead atoms. The summed E-state index contributed by atoms with van der Waals surface area (Å²) in [6.45, 7) is 6.70. The van der Waals surface area contributed by atoms with Gasteiger partial charge in [-0.05, 0) is 19.4 Å². The Bertz CT molecular complexity index is 377. The molecule has 3 nitrogen and oxygen atoms in total. The number of nitrogens with zero attached hydrogens (tertiary/aromatic N) is 1. The molecule has 0 aliphatic carbocycles. The Kier molecular flexibility index (Phi) is 3.79. The van der Waals surface area contributed by atoms with Gasteiger partial charge in [0.1, 0.15) is 0 Å². The zero-order valence-electron chi connectivity index (χ0n) is 10.5. The van der Waals surface area contributed by atoms with E-state index in [0.717, 1.165) is 25.2 Å². The van der Waals surface area contributed by atoms with Gasteiger partial charge < -0.3 is 10.2 Å². The van der Waals surface area contributed by atoms with E-state index in [2.05, 4.69) is 12.2 Å². The summed E-state index contributed by atoms with van der Waals surface area (Å²) < 4.78 is 0. The lowest BCUT2D eigenvalue weighted by atomic mass is 9.98. The molecule has 0 saturated carbocycles. The molecule has 1 fully saturated rings. The highest BCUT2D eigenvalue weighted by molar-refractivity contribution is 5.83. The summed E-state index contributed by atoms with van der Waals surface area (Å²) in [7, 11) is 0. The summed E-state index contributed by atoms with van der Waals surface area (Å²) in [5, 5.41) is 3.30. The number of piperazine rings is 1. The fourth-order valence-corrected chi connectivity index (χ4v) is 2.30. The minimum atomic E-state index is -0.0447. The summed E-state index contributed by atoms with van der Waals surface area (Å²) in [6.07, 6.45) is 0. The van der Waals surface area contributed by atoms with Crippen LogP contribution in [0, 0.1) is 0 Å². The van der Waals surface area contributed by atoms with Crippen LogP contribution in [0.2, 0.25) is 0 Å². The average molecular weight is 232 g/mol. The van der Waals surface area contributed by atoms with Crippen LogP contribution in [0.15, 0.2) is 30.3 Å². The third-order valence-corrected chi connectivity index (χ3v) is 3.45. The minimum Gasteiger partial charge on any atom is -0.337 e. The first kappa shape index (κ1) is 12.1. The molecule has 1 aromatic rings. The largest absolute Gasteiger partial charge is 0.337 e. The van der Waals surface area contributed by atoms with E-state index in [-0.39, 0.29) is 11.8 Å². The van der Waals surface area contributed by atoms with Crippen LogP contribution >= 0.6 is 0 Å². The smallest absolute Gasteiger partial charge is 0.230 e. The fraction of sp³-hybridized carbons (Fsp3) is 0.500. The normalized spacial score (nSPS) is 22.2. The first-order valence-corrected chi connectivity index (χ1v) is 6.26. The Balaban J connectivity index is 2.09. The second-order valence-electron chi connectivity index (χ2n) is 4.72. The van der Waals surface area contributed by atoms with Gasteiger partial charge in [0.05, 0.1) is 5.92 Å². The zero-order valence-corrected chi connectivity index (χ0v) is 10.5. The second-order valence-corrected chi connectivity index (χ2v) is 4.72. The number of amides is 1. The molecule has 1 heterocycles. The molecule has 17 heavy (non-hydrogen) atoms. The first-order chi connectivity index (χ1) is 8.20. The van der Waals surface area contributed by atoms with Gasteiger partial charge in [0.25, 0.3) is 0 Å². The molecule has 0 spiro atoms. The SMILES string of the molecule is CC(C(=O)N1CCNC[C@H]1C)c1ccccc1. The molecule has 1 N–H and O–H groups in total. The molecular formula is C14H20N2O. The first-order valence-electron chi connectivity index (χ1n) is 6.26. The van der Waals surface area contributed by atoms with Crippen molar-refractivity contribution in [1.82, 2.24) is 10.2 Å². The second kappa shape index (κ2) is 5.32. The molecule has 1 amide bonds. The van der Waals surface area contributed by atoms with Crippen molar-refractivity contribution in [2.75, 3.05) is 19.6 Å². The third kappa shape index (κ3) is 2.67. The van der Waals surface area contributed by atoms with Crippen molar-refractivity contribution >= 4 is 5.91 Å². The maximum atomic E-state index is 12.4. The van der Waals surface area contributed by atoms with Gasteiger partial charge in [0, 0.05) is 25.7 Å². The summed E-state index contributed by atoms with van der Waals surface area (Å²) in [5.74, 6) is 0.196. The number of benzene rings is 1. The Hall–Kier alpha value is -1.35. The van der Waals surface area contributed by atoms with Gasteiger partial charge in [-0.25, -0.2) is 0 Å². The molecule has 1 aliphatic rings. The molecule has 2 atom stereocenters. The molecule has 0 aromatic heterocycles. The van der Waals surface area contributed by atoms with E-state index in [1.807, 2.05) is 42.2 Å². The van der Waals surface area contributed by atoms with Crippen molar-refractivity contribution in [1.29, 1.82) is 0 Å². The standard InChI is InChI=1S/C14H20N2O/c1-11-10-15-8-9-16(11)14(17)12(2)13-6-4-3-5-7-13/h3-7,11-12,15H,8-10H2,1-2H3/t11-,12?/m1/s1. The van der Waals surface area contributed by atoms with Crippen molar-refractivity contribution in [3.8, 4) is 0 Å². The van der Waals surface area contributed by atoms with Gasteiger partial charge >= 0.3 is 0 Å². The van der Waals surface area contributed by atoms with Gasteiger partial charge in [0.2, 0.25) is 5.91 Å². The van der Waals surface area contributed by atoms with E-state index < -0.39 is 0 Å². The van der Waals surface area contributed by atoms with Crippen LogP contribution in [-0.2, 0) is 4.79 Å². The lowest BCUT2D eigenvalue weighted by Crippen LogP contribution is -2.53. The summed E-state index contributed by atoms with van der Waals surface area (Å²) in [4.78, 5) is 14.4. The highest BCUT2D eigenvalue weighted by atomic mass is 16.2. The van der Waals surface area contributed by atoms with Crippen LogP contribution in [0.3, 0.4) is 0 Å². The molecule has 3 heteroatoms. The predicted molar refractivity (Wildman–Crippen MR) is 68.9 cm³/mol. The molecule has 1 aromatic carbocycles. The molecule has 92 valence electrons. The van der Waals surface area contributed by atoms with E-state index in [4.69, 9.17) is 0 Å². The Morgan fingerprint density at radius 2 is 2.12 bits per heavy atom. The van der Waals surface area contributed by atoms with Gasteiger partial charge in [-0.3, -0.25) is 4.79 Å². The lowest BCUT2D eigenvalue weighted by Gasteiger charge is -2.35. The van der Waals surface area contributed by atoms with Crippen molar-refractivity contribution < 1.29 is 4.79 Å². The van der Waals surface area contributed by atoms with E-state index in [1.54, 1.807) is 0 Å². The van der Waals surface area contributed by atoms with Crippen LogP contribution in [0.4, 0.5) is 0 Å². The molecule has 1 aliphatic heterocycles. The van der Waals surface area contributed by atoms with E-state index in [9.17, 15) is 4.79 Å². The number of hydrogen-bond acceptors (Lipinski definition) is 2. The summed E-state index contributed by atoms with van der Waals surface area (Å²) in [6, 6.07) is 10.3. The zero-order chi connectivity index (χ0) is 12.3. The number of hydrogen-bond donors (Lipinski definition) is 1. The number of carbonyl (C=O) groups is 1. The van der Waals surface area contributed by atoms with Crippen molar-refractivity contribution in [3.63, 3.8) is 0 Å². The Morgan fingerprint density at radius 1 is 1.41 bits per heavy atom. The van der Waals surface area contributed by atoms with Gasteiger partial charge in [-0.2, -0.15) is 0 Å². The van der Waals surface area contributed by atoms with Gasteiger partial charge in [-0.1, -0.05) is 30.3 Å². The maximum absolute atomic E-state index is 12.4. The summed E-state index contributed by atoms with van der Waals surface area (Å²) >= 11 is 0. The van der Waals surface area contributed by atoms with Gasteiger partial charge in [0.15, 0.2) is 0 Å². The Morgan fingerprint density at radius 3 is 2.76 bits per heavy atom. The van der Waals surface area contributed by atoms with Crippen molar-refractivity contribution in [3.05, 3.63) is 35.9 Å². The lowest BCUT2D eigenvalue weighted by molar-refractivity contribution is -0.135. The fourth-order valence-electron chi connectivity index (χ4n) is 2.30. The maximum Gasteiger partial charge on any atom is 0.230 e. The number of carbonyl (C=O) groups excluding carboxylic acids is 1. The molecular weight excluding hydrogens is 212 g/mol. The van der Waals surface area contributed by atoms with E-state index in [0.29, 0.717) is 6.04 Å². The van der Waals surface area contributed by atoms with Gasteiger partial charge in [-0.15, -0.1) is 0 Å². The highest BCUT2D eigenvalue weighted by Gasteiger charge is 2.27. The molecule has 1 unspecified atom stereocenters. The van der Waals surface area contributed by atoms with Crippen LogP contribution in [0.5, 0.6) is 0 Å². The monoisotopic (exact) mass is 232 g/mol. The number of nitrogens with one attached hydrogen (secondary N) is 1. The number of rotatable bonds is 2. The van der Waals surface area contributed by atoms with Crippen molar-refractivity contribution in [2.45, 2.75) is 25.8 Å². The highest BCUT2D eigenvalue weighted by Crippen LogP contribution is 2.19. The minimum absolute atomic E-state index is 0.0447. The Labute approximate surface area is 103 Å². The predicted octanol–water partition coefficient (Wildman–Crippen LogP) is 1.61. The van der Waals surface area contributed by atoms with Crippen molar-refractivity contribution in [2.24, 2.45) is 0 Å². The van der Waals surface area contributed by atoms with Crippen LogP contribution in [0.1, 0.15) is 25.3 Å². The average Bonchev–Trinajstić information content (AvgIpc) is 2.39. The van der Waals surface area contributed by atoms with Crippen LogP contribution in [0.25, 0.3) is 0 Å². The topological polar surface area (TPSA) is 32.3 Å². The molecule has 1 saturated heterocycles.